The molecule has 0 unspecified atom stereocenters. The van der Waals surface area contributed by atoms with E-state index in [-0.39, 0.29) is 5.60 Å². The zero-order valence-electron chi connectivity index (χ0n) is 13.2. The molecule has 0 saturated carbocycles. The lowest BCUT2D eigenvalue weighted by Crippen LogP contribution is -2.41. The molecule has 1 aromatic heterocycles. The second-order valence-corrected chi connectivity index (χ2v) is 5.98. The van der Waals surface area contributed by atoms with E-state index in [0.29, 0.717) is 6.61 Å². The van der Waals surface area contributed by atoms with E-state index < -0.39 is 0 Å². The fraction of sp³-hybridized carbons (Fsp3) is 0.471. The highest BCUT2D eigenvalue weighted by atomic mass is 16.5. The Labute approximate surface area is 131 Å². The van der Waals surface area contributed by atoms with Crippen molar-refractivity contribution in [2.75, 3.05) is 26.8 Å². The highest BCUT2D eigenvalue weighted by Crippen LogP contribution is 2.28. The predicted octanol–water partition coefficient (Wildman–Crippen LogP) is 2.39. The second kappa shape index (κ2) is 6.50. The van der Waals surface area contributed by atoms with E-state index in [2.05, 4.69) is 28.1 Å². The summed E-state index contributed by atoms with van der Waals surface area (Å²) in [4.78, 5) is 2.37. The zero-order valence-corrected chi connectivity index (χ0v) is 13.2. The molecule has 0 radical (unpaired) electrons. The molecule has 0 aliphatic carbocycles. The lowest BCUT2D eigenvalue weighted by molar-refractivity contribution is -0.0361. The molecule has 3 rings (SSSR count). The number of aromatic nitrogens is 2. The van der Waals surface area contributed by atoms with Crippen LogP contribution in [0.2, 0.25) is 0 Å². The number of aromatic amines is 1. The predicted molar refractivity (Wildman–Crippen MR) is 84.9 cm³/mol. The van der Waals surface area contributed by atoms with Crippen molar-refractivity contribution in [2.24, 2.45) is 0 Å². The molecule has 2 heterocycles. The number of nitrogens with zero attached hydrogens (tertiary/aromatic N) is 2. The van der Waals surface area contributed by atoms with Gasteiger partial charge in [-0.1, -0.05) is 18.2 Å². The first-order valence-electron chi connectivity index (χ1n) is 7.65. The average molecular weight is 301 g/mol. The third kappa shape index (κ3) is 3.31. The van der Waals surface area contributed by atoms with Gasteiger partial charge in [-0.25, -0.2) is 0 Å². The fourth-order valence-electron chi connectivity index (χ4n) is 2.95. The van der Waals surface area contributed by atoms with Crippen LogP contribution in [0.5, 0.6) is 5.75 Å². The number of benzene rings is 1. The number of rotatable bonds is 6. The van der Waals surface area contributed by atoms with Gasteiger partial charge in [0.15, 0.2) is 0 Å². The van der Waals surface area contributed by atoms with Crippen molar-refractivity contribution in [3.63, 3.8) is 0 Å². The van der Waals surface area contributed by atoms with E-state index in [9.17, 15) is 0 Å². The number of H-pyrrole nitrogens is 1. The van der Waals surface area contributed by atoms with Crippen LogP contribution >= 0.6 is 0 Å². The van der Waals surface area contributed by atoms with Crippen LogP contribution in [-0.2, 0) is 11.3 Å². The van der Waals surface area contributed by atoms with Gasteiger partial charge in [-0.15, -0.1) is 0 Å². The molecule has 2 aromatic rings. The summed E-state index contributed by atoms with van der Waals surface area (Å²) < 4.78 is 11.8. The van der Waals surface area contributed by atoms with Crippen LogP contribution < -0.4 is 4.74 Å². The third-order valence-electron chi connectivity index (χ3n) is 4.37. The molecule has 1 aliphatic heterocycles. The highest BCUT2D eigenvalue weighted by Gasteiger charge is 2.39. The number of ether oxygens (including phenoxy) is 2. The Kier molecular flexibility index (Phi) is 4.45. The molecule has 0 bridgehead atoms. The van der Waals surface area contributed by atoms with E-state index in [1.807, 2.05) is 24.3 Å². The van der Waals surface area contributed by atoms with Crippen LogP contribution in [-0.4, -0.2) is 47.5 Å². The summed E-state index contributed by atoms with van der Waals surface area (Å²) in [6.07, 6.45) is 2.76. The first-order valence-corrected chi connectivity index (χ1v) is 7.65. The number of nitrogens with one attached hydrogen (secondary N) is 1. The van der Waals surface area contributed by atoms with E-state index in [1.54, 1.807) is 13.3 Å². The minimum atomic E-state index is -0.234. The van der Waals surface area contributed by atoms with Crippen molar-refractivity contribution >= 4 is 0 Å². The minimum absolute atomic E-state index is 0.234. The summed E-state index contributed by atoms with van der Waals surface area (Å²) >= 11 is 0. The summed E-state index contributed by atoms with van der Waals surface area (Å²) in [6.45, 7) is 5.38. The maximum Gasteiger partial charge on any atom is 0.122 e. The van der Waals surface area contributed by atoms with Gasteiger partial charge in [0.2, 0.25) is 0 Å². The van der Waals surface area contributed by atoms with Gasteiger partial charge in [0.1, 0.15) is 18.0 Å². The zero-order chi connectivity index (χ0) is 15.4. The molecule has 22 heavy (non-hydrogen) atoms. The molecule has 1 aromatic carbocycles. The molecule has 1 fully saturated rings. The van der Waals surface area contributed by atoms with Crippen molar-refractivity contribution in [1.82, 2.24) is 15.1 Å². The molecule has 1 saturated heterocycles. The second-order valence-electron chi connectivity index (χ2n) is 5.98. The van der Waals surface area contributed by atoms with Crippen molar-refractivity contribution in [2.45, 2.75) is 25.5 Å². The molecule has 1 aliphatic rings. The summed E-state index contributed by atoms with van der Waals surface area (Å²) in [7, 11) is 1.78. The first kappa shape index (κ1) is 15.1. The SMILES string of the molecule is CO[C@]1(COc2ccccc2C)CCN(Cc2ccn[nH]2)C1. The molecule has 5 heteroatoms. The number of aryl methyl sites for hydroxylation is 1. The van der Waals surface area contributed by atoms with Crippen LogP contribution in [0.15, 0.2) is 36.5 Å². The van der Waals surface area contributed by atoms with Gasteiger partial charge in [0.05, 0.1) is 0 Å². The molecule has 0 spiro atoms. The maximum atomic E-state index is 6.03. The normalized spacial score (nSPS) is 22.1. The van der Waals surface area contributed by atoms with Gasteiger partial charge in [-0.05, 0) is 31.0 Å². The number of likely N-dealkylation sites (tertiary alicyclic amines) is 1. The Morgan fingerprint density at radius 3 is 2.91 bits per heavy atom. The summed E-state index contributed by atoms with van der Waals surface area (Å²) in [5.41, 5.74) is 2.05. The molecule has 1 N–H and O–H groups in total. The minimum Gasteiger partial charge on any atom is -0.490 e. The van der Waals surface area contributed by atoms with Crippen LogP contribution in [0.3, 0.4) is 0 Å². The largest absolute Gasteiger partial charge is 0.490 e. The van der Waals surface area contributed by atoms with Gasteiger partial charge < -0.3 is 9.47 Å². The molecular formula is C17H23N3O2. The van der Waals surface area contributed by atoms with Crippen molar-refractivity contribution in [3.8, 4) is 5.75 Å². The molecule has 0 amide bonds. The average Bonchev–Trinajstić information content (AvgIpc) is 3.18. The standard InChI is InChI=1S/C17H23N3O2/c1-14-5-3-4-6-16(14)22-13-17(21-2)8-10-20(12-17)11-15-7-9-18-19-15/h3-7,9H,8,10-13H2,1-2H3,(H,18,19)/t17-/m1/s1. The van der Waals surface area contributed by atoms with Gasteiger partial charge in [0.25, 0.3) is 0 Å². The quantitative estimate of drug-likeness (QED) is 0.890. The van der Waals surface area contributed by atoms with Crippen LogP contribution in [0.4, 0.5) is 0 Å². The molecule has 5 nitrogen and oxygen atoms in total. The van der Waals surface area contributed by atoms with Crippen LogP contribution in [0.25, 0.3) is 0 Å². The van der Waals surface area contributed by atoms with Crippen molar-refractivity contribution in [1.29, 1.82) is 0 Å². The Morgan fingerprint density at radius 1 is 1.32 bits per heavy atom. The smallest absolute Gasteiger partial charge is 0.122 e. The van der Waals surface area contributed by atoms with Crippen molar-refractivity contribution < 1.29 is 9.47 Å². The van der Waals surface area contributed by atoms with E-state index in [1.165, 1.54) is 0 Å². The highest BCUT2D eigenvalue weighted by molar-refractivity contribution is 5.31. The lowest BCUT2D eigenvalue weighted by atomic mass is 10.0. The topological polar surface area (TPSA) is 50.4 Å². The Hall–Kier alpha value is -1.85. The number of methoxy groups -OCH3 is 1. The molecule has 1 atom stereocenters. The van der Waals surface area contributed by atoms with E-state index >= 15 is 0 Å². The van der Waals surface area contributed by atoms with Gasteiger partial charge >= 0.3 is 0 Å². The summed E-state index contributed by atoms with van der Waals surface area (Å²) in [5.74, 6) is 0.936. The first-order chi connectivity index (χ1) is 10.7. The maximum absolute atomic E-state index is 6.03. The Bertz CT molecular complexity index is 600. The van der Waals surface area contributed by atoms with Gasteiger partial charge in [-0.3, -0.25) is 10.00 Å². The number of hydrogen-bond acceptors (Lipinski definition) is 4. The summed E-state index contributed by atoms with van der Waals surface area (Å²) in [5, 5.41) is 7.01. The lowest BCUT2D eigenvalue weighted by Gasteiger charge is -2.28. The third-order valence-corrected chi connectivity index (χ3v) is 4.37. The fourth-order valence-corrected chi connectivity index (χ4v) is 2.95. The van der Waals surface area contributed by atoms with Crippen molar-refractivity contribution in [3.05, 3.63) is 47.8 Å². The van der Waals surface area contributed by atoms with Crippen LogP contribution in [0, 0.1) is 6.92 Å². The monoisotopic (exact) mass is 301 g/mol. The molecular weight excluding hydrogens is 278 g/mol. The number of hydrogen-bond donors (Lipinski definition) is 1. The van der Waals surface area contributed by atoms with E-state index in [4.69, 9.17) is 9.47 Å². The Morgan fingerprint density at radius 2 is 2.18 bits per heavy atom. The van der Waals surface area contributed by atoms with E-state index in [0.717, 1.165) is 43.1 Å². The molecule has 118 valence electrons. The summed E-state index contributed by atoms with van der Waals surface area (Å²) in [6, 6.07) is 10.1. The number of para-hydroxylation sites is 1. The van der Waals surface area contributed by atoms with Gasteiger partial charge in [-0.2, -0.15) is 5.10 Å². The Balaban J connectivity index is 1.60. The van der Waals surface area contributed by atoms with Gasteiger partial charge in [0, 0.05) is 38.6 Å². The van der Waals surface area contributed by atoms with Crippen LogP contribution in [0.1, 0.15) is 17.7 Å².